The van der Waals surface area contributed by atoms with Gasteiger partial charge in [-0.15, -0.1) is 0 Å². The van der Waals surface area contributed by atoms with Crippen LogP contribution in [0.4, 0.5) is 0 Å². The smallest absolute Gasteiger partial charge is 0.138 e. The molecule has 3 rings (SSSR count). The van der Waals surface area contributed by atoms with Crippen LogP contribution in [0, 0.1) is 13.8 Å². The molecule has 0 saturated heterocycles. The van der Waals surface area contributed by atoms with Crippen molar-refractivity contribution in [3.8, 4) is 5.69 Å². The van der Waals surface area contributed by atoms with Crippen LogP contribution in [0.3, 0.4) is 0 Å². The quantitative estimate of drug-likeness (QED) is 0.724. The van der Waals surface area contributed by atoms with Crippen molar-refractivity contribution in [1.29, 1.82) is 0 Å². The van der Waals surface area contributed by atoms with Gasteiger partial charge in [0.05, 0.1) is 11.4 Å². The molecule has 6 heteroatoms. The molecule has 0 bridgehead atoms. The van der Waals surface area contributed by atoms with Gasteiger partial charge < -0.3 is 4.52 Å². The minimum atomic E-state index is 0.286. The molecule has 0 saturated carbocycles. The van der Waals surface area contributed by atoms with E-state index in [2.05, 4.69) is 58.4 Å². The zero-order chi connectivity index (χ0) is 16.4. The summed E-state index contributed by atoms with van der Waals surface area (Å²) in [6, 6.07) is 8.67. The van der Waals surface area contributed by atoms with Gasteiger partial charge >= 0.3 is 0 Å². The molecular formula is C17H21N5O. The number of benzene rings is 1. The van der Waals surface area contributed by atoms with Crippen molar-refractivity contribution < 1.29 is 4.52 Å². The maximum Gasteiger partial charge on any atom is 0.138 e. The molecule has 120 valence electrons. The van der Waals surface area contributed by atoms with Gasteiger partial charge in [-0.2, -0.15) is 5.10 Å². The first kappa shape index (κ1) is 15.4. The molecule has 0 aliphatic carbocycles. The average Bonchev–Trinajstić information content (AvgIpc) is 3.20. The maximum atomic E-state index is 5.25. The normalized spacial score (nSPS) is 12.7. The van der Waals surface area contributed by atoms with E-state index >= 15 is 0 Å². The van der Waals surface area contributed by atoms with Crippen LogP contribution in [-0.4, -0.2) is 31.9 Å². The van der Waals surface area contributed by atoms with Gasteiger partial charge in [0.1, 0.15) is 18.4 Å². The topological polar surface area (TPSA) is 60.0 Å². The van der Waals surface area contributed by atoms with Crippen molar-refractivity contribution in [3.63, 3.8) is 0 Å². The second-order valence-corrected chi connectivity index (χ2v) is 5.83. The lowest BCUT2D eigenvalue weighted by molar-refractivity contribution is 0.251. The fraction of sp³-hybridized carbons (Fsp3) is 0.353. The molecule has 0 aliphatic rings. The summed E-state index contributed by atoms with van der Waals surface area (Å²) in [5.74, 6) is 0.892. The highest BCUT2D eigenvalue weighted by molar-refractivity contribution is 5.34. The van der Waals surface area contributed by atoms with Crippen LogP contribution >= 0.6 is 0 Å². The molecule has 2 aromatic heterocycles. The second kappa shape index (κ2) is 6.34. The minimum absolute atomic E-state index is 0.286. The molecule has 0 amide bonds. The van der Waals surface area contributed by atoms with E-state index in [0.717, 1.165) is 23.7 Å². The Morgan fingerprint density at radius 3 is 2.52 bits per heavy atom. The number of hydrogen-bond acceptors (Lipinski definition) is 5. The van der Waals surface area contributed by atoms with Crippen molar-refractivity contribution in [3.05, 3.63) is 59.5 Å². The molecule has 0 spiro atoms. The number of rotatable bonds is 5. The number of hydrogen-bond donors (Lipinski definition) is 0. The van der Waals surface area contributed by atoms with Crippen molar-refractivity contribution in [1.82, 2.24) is 24.8 Å². The van der Waals surface area contributed by atoms with Crippen LogP contribution in [0.15, 0.2) is 41.4 Å². The third kappa shape index (κ3) is 3.17. The van der Waals surface area contributed by atoms with Gasteiger partial charge in [0, 0.05) is 18.2 Å². The molecule has 0 radical (unpaired) electrons. The second-order valence-electron chi connectivity index (χ2n) is 5.83. The number of aromatic nitrogens is 4. The predicted molar refractivity (Wildman–Crippen MR) is 87.2 cm³/mol. The maximum absolute atomic E-state index is 5.25. The molecule has 1 unspecified atom stereocenters. The molecule has 23 heavy (non-hydrogen) atoms. The van der Waals surface area contributed by atoms with E-state index in [1.165, 1.54) is 17.5 Å². The lowest BCUT2D eigenvalue weighted by Gasteiger charge is -2.25. The third-order valence-corrected chi connectivity index (χ3v) is 4.31. The van der Waals surface area contributed by atoms with E-state index in [9.17, 15) is 0 Å². The van der Waals surface area contributed by atoms with E-state index in [1.807, 2.05) is 13.8 Å². The van der Waals surface area contributed by atoms with Crippen LogP contribution in [-0.2, 0) is 6.54 Å². The minimum Gasteiger partial charge on any atom is -0.361 e. The third-order valence-electron chi connectivity index (χ3n) is 4.31. The Hall–Kier alpha value is -2.47. The molecule has 3 aromatic rings. The molecule has 0 aliphatic heterocycles. The molecule has 1 atom stereocenters. The standard InChI is InChI=1S/C17H21N5O/c1-12-17(14(3)23-20-12)9-21(4)13(2)15-5-7-16(8-6-15)22-11-18-10-19-22/h5-8,10-11,13H,9H2,1-4H3. The predicted octanol–water partition coefficient (Wildman–Crippen LogP) is 3.07. The lowest BCUT2D eigenvalue weighted by atomic mass is 10.1. The van der Waals surface area contributed by atoms with Gasteiger partial charge in [-0.05, 0) is 45.5 Å². The monoisotopic (exact) mass is 311 g/mol. The highest BCUT2D eigenvalue weighted by Crippen LogP contribution is 2.23. The molecule has 1 aromatic carbocycles. The summed E-state index contributed by atoms with van der Waals surface area (Å²) < 4.78 is 7.00. The number of nitrogens with zero attached hydrogens (tertiary/aromatic N) is 5. The van der Waals surface area contributed by atoms with E-state index in [-0.39, 0.29) is 6.04 Å². The van der Waals surface area contributed by atoms with Crippen molar-refractivity contribution in [2.24, 2.45) is 0 Å². The summed E-state index contributed by atoms with van der Waals surface area (Å²) in [6.07, 6.45) is 3.23. The Balaban J connectivity index is 1.73. The fourth-order valence-corrected chi connectivity index (χ4v) is 2.62. The van der Waals surface area contributed by atoms with Crippen molar-refractivity contribution >= 4 is 0 Å². The van der Waals surface area contributed by atoms with Crippen LogP contribution in [0.1, 0.15) is 35.5 Å². The first-order chi connectivity index (χ1) is 11.1. The highest BCUT2D eigenvalue weighted by Gasteiger charge is 2.16. The molecular weight excluding hydrogens is 290 g/mol. The SMILES string of the molecule is Cc1noc(C)c1CN(C)C(C)c1ccc(-n2cncn2)cc1. The largest absolute Gasteiger partial charge is 0.361 e. The van der Waals surface area contributed by atoms with Gasteiger partial charge in [0.25, 0.3) is 0 Å². The van der Waals surface area contributed by atoms with E-state index < -0.39 is 0 Å². The zero-order valence-electron chi connectivity index (χ0n) is 13.9. The summed E-state index contributed by atoms with van der Waals surface area (Å²) in [6.45, 7) is 6.95. The van der Waals surface area contributed by atoms with Gasteiger partial charge in [-0.1, -0.05) is 17.3 Å². The van der Waals surface area contributed by atoms with E-state index in [1.54, 1.807) is 11.0 Å². The Labute approximate surface area is 135 Å². The van der Waals surface area contributed by atoms with Gasteiger partial charge in [-0.25, -0.2) is 9.67 Å². The molecule has 2 heterocycles. The van der Waals surface area contributed by atoms with Gasteiger partial charge in [0.2, 0.25) is 0 Å². The van der Waals surface area contributed by atoms with Crippen LogP contribution < -0.4 is 0 Å². The zero-order valence-corrected chi connectivity index (χ0v) is 13.9. The van der Waals surface area contributed by atoms with Crippen LogP contribution in [0.25, 0.3) is 5.69 Å². The van der Waals surface area contributed by atoms with Crippen molar-refractivity contribution in [2.45, 2.75) is 33.4 Å². The first-order valence-electron chi connectivity index (χ1n) is 7.63. The number of aryl methyl sites for hydroxylation is 2. The van der Waals surface area contributed by atoms with E-state index in [0.29, 0.717) is 0 Å². The Morgan fingerprint density at radius 1 is 1.22 bits per heavy atom. The summed E-state index contributed by atoms with van der Waals surface area (Å²) in [4.78, 5) is 6.26. The van der Waals surface area contributed by atoms with Gasteiger partial charge in [-0.3, -0.25) is 4.90 Å². The first-order valence-corrected chi connectivity index (χ1v) is 7.63. The summed E-state index contributed by atoms with van der Waals surface area (Å²) in [5, 5.41) is 8.17. The van der Waals surface area contributed by atoms with Gasteiger partial charge in [0.15, 0.2) is 0 Å². The molecule has 6 nitrogen and oxygen atoms in total. The van der Waals surface area contributed by atoms with E-state index in [4.69, 9.17) is 4.52 Å². The summed E-state index contributed by atoms with van der Waals surface area (Å²) in [5.41, 5.74) is 4.39. The molecule has 0 fully saturated rings. The average molecular weight is 311 g/mol. The van der Waals surface area contributed by atoms with Crippen LogP contribution in [0.5, 0.6) is 0 Å². The Morgan fingerprint density at radius 2 is 1.96 bits per heavy atom. The Bertz CT molecular complexity index is 741. The lowest BCUT2D eigenvalue weighted by Crippen LogP contribution is -2.22. The van der Waals surface area contributed by atoms with Crippen LogP contribution in [0.2, 0.25) is 0 Å². The van der Waals surface area contributed by atoms with Crippen molar-refractivity contribution in [2.75, 3.05) is 7.05 Å². The molecule has 0 N–H and O–H groups in total. The Kier molecular flexibility index (Phi) is 4.25. The fourth-order valence-electron chi connectivity index (χ4n) is 2.62. The highest BCUT2D eigenvalue weighted by atomic mass is 16.5. The summed E-state index contributed by atoms with van der Waals surface area (Å²) >= 11 is 0. The summed E-state index contributed by atoms with van der Waals surface area (Å²) in [7, 11) is 2.11.